The highest BCUT2D eigenvalue weighted by Gasteiger charge is 2.31. The predicted molar refractivity (Wildman–Crippen MR) is 58.5 cm³/mol. The first-order valence-electron chi connectivity index (χ1n) is 4.68. The van der Waals surface area contributed by atoms with Crippen LogP contribution in [0.4, 0.5) is 13.2 Å². The zero-order valence-electron chi connectivity index (χ0n) is 8.42. The Bertz CT molecular complexity index is 523. The molecule has 0 spiro atoms. The third-order valence-corrected chi connectivity index (χ3v) is 2.42. The van der Waals surface area contributed by atoms with Crippen LogP contribution in [0.15, 0.2) is 36.5 Å². The lowest BCUT2D eigenvalue weighted by molar-refractivity contribution is -0.137. The number of alkyl halides is 3. The number of nitrogens with zero attached hydrogens (tertiary/aromatic N) is 1. The van der Waals surface area contributed by atoms with E-state index in [9.17, 15) is 13.2 Å². The third-order valence-electron chi connectivity index (χ3n) is 2.13. The number of halogens is 4. The summed E-state index contributed by atoms with van der Waals surface area (Å²) in [5, 5.41) is -0.0396. The molecule has 2 aromatic rings. The molecular formula is C12H6ClF3N. The van der Waals surface area contributed by atoms with E-state index < -0.39 is 11.7 Å². The first-order valence-corrected chi connectivity index (χ1v) is 5.06. The molecule has 0 amide bonds. The van der Waals surface area contributed by atoms with Crippen molar-refractivity contribution < 1.29 is 13.2 Å². The van der Waals surface area contributed by atoms with Gasteiger partial charge in [0.2, 0.25) is 0 Å². The van der Waals surface area contributed by atoms with Gasteiger partial charge < -0.3 is 0 Å². The van der Waals surface area contributed by atoms with Crippen molar-refractivity contribution in [2.24, 2.45) is 0 Å². The lowest BCUT2D eigenvalue weighted by Gasteiger charge is -2.08. The summed E-state index contributed by atoms with van der Waals surface area (Å²) >= 11 is 5.79. The van der Waals surface area contributed by atoms with Gasteiger partial charge in [-0.2, -0.15) is 13.2 Å². The molecule has 1 radical (unpaired) electrons. The second-order valence-corrected chi connectivity index (χ2v) is 3.74. The van der Waals surface area contributed by atoms with Crippen molar-refractivity contribution in [3.8, 4) is 11.3 Å². The Morgan fingerprint density at radius 1 is 1.24 bits per heavy atom. The van der Waals surface area contributed by atoms with E-state index in [1.165, 1.54) is 0 Å². The molecule has 1 nitrogen and oxygen atoms in total. The predicted octanol–water partition coefficient (Wildman–Crippen LogP) is 4.22. The van der Waals surface area contributed by atoms with Crippen LogP contribution in [0.3, 0.4) is 0 Å². The molecular weight excluding hydrogens is 251 g/mol. The Hall–Kier alpha value is -1.55. The van der Waals surface area contributed by atoms with Gasteiger partial charge in [-0.1, -0.05) is 35.9 Å². The summed E-state index contributed by atoms with van der Waals surface area (Å²) in [6.45, 7) is 0. The van der Waals surface area contributed by atoms with E-state index in [1.807, 2.05) is 0 Å². The number of aromatic nitrogens is 1. The number of benzene rings is 1. The Balaban J connectivity index is 2.46. The molecule has 1 aromatic heterocycles. The Morgan fingerprint density at radius 2 is 2.00 bits per heavy atom. The van der Waals surface area contributed by atoms with Crippen LogP contribution in [0.5, 0.6) is 0 Å². The van der Waals surface area contributed by atoms with Crippen LogP contribution in [0.2, 0.25) is 5.02 Å². The molecule has 1 heterocycles. The average molecular weight is 257 g/mol. The minimum Gasteiger partial charge on any atom is -0.254 e. The quantitative estimate of drug-likeness (QED) is 0.744. The lowest BCUT2D eigenvalue weighted by atomic mass is 10.1. The van der Waals surface area contributed by atoms with Crippen molar-refractivity contribution in [1.82, 2.24) is 4.98 Å². The van der Waals surface area contributed by atoms with E-state index in [2.05, 4.69) is 11.1 Å². The summed E-state index contributed by atoms with van der Waals surface area (Å²) in [6, 6.07) is 10.5. The zero-order chi connectivity index (χ0) is 12.5. The average Bonchev–Trinajstić information content (AvgIpc) is 2.29. The van der Waals surface area contributed by atoms with Crippen molar-refractivity contribution in [2.75, 3.05) is 0 Å². The van der Waals surface area contributed by atoms with E-state index in [0.29, 0.717) is 11.3 Å². The molecule has 0 saturated carbocycles. The van der Waals surface area contributed by atoms with Gasteiger partial charge in [0.25, 0.3) is 0 Å². The second-order valence-electron chi connectivity index (χ2n) is 3.33. The minimum atomic E-state index is -4.43. The maximum absolute atomic E-state index is 12.4. The van der Waals surface area contributed by atoms with Crippen molar-refractivity contribution in [3.05, 3.63) is 53.2 Å². The van der Waals surface area contributed by atoms with E-state index in [4.69, 9.17) is 11.6 Å². The van der Waals surface area contributed by atoms with E-state index >= 15 is 0 Å². The number of pyridine rings is 1. The standard InChI is InChI=1S/C12H6ClF3N/c13-10-6-9(12(14,15)16)7-17-11(10)8-4-2-1-3-5-8/h1-4,6-7H. The molecule has 0 aliphatic rings. The molecule has 87 valence electrons. The van der Waals surface area contributed by atoms with E-state index in [0.717, 1.165) is 12.3 Å². The molecule has 0 fully saturated rings. The fourth-order valence-electron chi connectivity index (χ4n) is 1.33. The summed E-state index contributed by atoms with van der Waals surface area (Å²) < 4.78 is 37.2. The van der Waals surface area contributed by atoms with Crippen molar-refractivity contribution in [3.63, 3.8) is 0 Å². The number of rotatable bonds is 1. The zero-order valence-corrected chi connectivity index (χ0v) is 9.18. The molecule has 2 rings (SSSR count). The Kier molecular flexibility index (Phi) is 3.07. The maximum Gasteiger partial charge on any atom is 0.417 e. The topological polar surface area (TPSA) is 12.9 Å². The smallest absolute Gasteiger partial charge is 0.254 e. The fourth-order valence-corrected chi connectivity index (χ4v) is 1.60. The van der Waals surface area contributed by atoms with Gasteiger partial charge in [-0.3, -0.25) is 4.98 Å². The van der Waals surface area contributed by atoms with Crippen LogP contribution in [0.25, 0.3) is 11.3 Å². The summed E-state index contributed by atoms with van der Waals surface area (Å²) in [4.78, 5) is 3.73. The Morgan fingerprint density at radius 3 is 2.53 bits per heavy atom. The molecule has 0 saturated heterocycles. The van der Waals surface area contributed by atoms with Gasteiger partial charge in [-0.25, -0.2) is 0 Å². The molecule has 0 atom stereocenters. The van der Waals surface area contributed by atoms with Gasteiger partial charge in [0, 0.05) is 11.8 Å². The first-order chi connectivity index (χ1) is 7.98. The summed E-state index contributed by atoms with van der Waals surface area (Å²) in [6.07, 6.45) is -3.67. The highest BCUT2D eigenvalue weighted by molar-refractivity contribution is 6.33. The van der Waals surface area contributed by atoms with Gasteiger partial charge in [-0.05, 0) is 12.1 Å². The van der Waals surface area contributed by atoms with Crippen LogP contribution in [0, 0.1) is 6.07 Å². The molecule has 0 unspecified atom stereocenters. The molecule has 0 bridgehead atoms. The largest absolute Gasteiger partial charge is 0.417 e. The Labute approximate surface area is 101 Å². The SMILES string of the molecule is FC(F)(F)c1cnc(-c2[c]cccc2)c(Cl)c1. The van der Waals surface area contributed by atoms with Crippen molar-refractivity contribution in [2.45, 2.75) is 6.18 Å². The van der Waals surface area contributed by atoms with Gasteiger partial charge in [0.1, 0.15) is 0 Å². The normalized spacial score (nSPS) is 11.5. The third kappa shape index (κ3) is 2.58. The van der Waals surface area contributed by atoms with E-state index in [-0.39, 0.29) is 5.02 Å². The van der Waals surface area contributed by atoms with Gasteiger partial charge >= 0.3 is 6.18 Å². The van der Waals surface area contributed by atoms with Gasteiger partial charge in [0.15, 0.2) is 0 Å². The minimum absolute atomic E-state index is 0.0396. The molecule has 0 aliphatic carbocycles. The summed E-state index contributed by atoms with van der Waals surface area (Å²) in [7, 11) is 0. The van der Waals surface area contributed by atoms with Crippen LogP contribution in [0.1, 0.15) is 5.56 Å². The maximum atomic E-state index is 12.4. The number of hydrogen-bond donors (Lipinski definition) is 0. The fraction of sp³-hybridized carbons (Fsp3) is 0.0833. The molecule has 0 N–H and O–H groups in total. The molecule has 0 aliphatic heterocycles. The van der Waals surface area contributed by atoms with Crippen LogP contribution in [-0.2, 0) is 6.18 Å². The van der Waals surface area contributed by atoms with Crippen LogP contribution >= 0.6 is 11.6 Å². The van der Waals surface area contributed by atoms with E-state index in [1.54, 1.807) is 24.3 Å². The lowest BCUT2D eigenvalue weighted by Crippen LogP contribution is -2.05. The number of hydrogen-bond acceptors (Lipinski definition) is 1. The highest BCUT2D eigenvalue weighted by Crippen LogP contribution is 2.33. The monoisotopic (exact) mass is 256 g/mol. The summed E-state index contributed by atoms with van der Waals surface area (Å²) in [5.41, 5.74) is -0.00586. The van der Waals surface area contributed by atoms with Gasteiger partial charge in [0.05, 0.1) is 16.3 Å². The van der Waals surface area contributed by atoms with Crippen LogP contribution in [-0.4, -0.2) is 4.98 Å². The van der Waals surface area contributed by atoms with Crippen molar-refractivity contribution in [1.29, 1.82) is 0 Å². The molecule has 5 heteroatoms. The second kappa shape index (κ2) is 4.37. The molecule has 1 aromatic carbocycles. The molecule has 17 heavy (non-hydrogen) atoms. The highest BCUT2D eigenvalue weighted by atomic mass is 35.5. The first kappa shape index (κ1) is 11.9. The van der Waals surface area contributed by atoms with Crippen molar-refractivity contribution >= 4 is 11.6 Å². The van der Waals surface area contributed by atoms with Gasteiger partial charge in [-0.15, -0.1) is 0 Å². The van der Waals surface area contributed by atoms with Crippen LogP contribution < -0.4 is 0 Å². The summed E-state index contributed by atoms with van der Waals surface area (Å²) in [5.74, 6) is 0.